The average Bonchev–Trinajstić information content (AvgIpc) is 3.10. The molecule has 0 aliphatic carbocycles. The van der Waals surface area contributed by atoms with Crippen LogP contribution in [0.1, 0.15) is 23.7 Å². The van der Waals surface area contributed by atoms with Crippen LogP contribution in [0.15, 0.2) is 36.1 Å². The number of pyridine rings is 1. The Morgan fingerprint density at radius 2 is 2.08 bits per heavy atom. The molecule has 2 amide bonds. The molecule has 0 saturated carbocycles. The van der Waals surface area contributed by atoms with Gasteiger partial charge in [-0.15, -0.1) is 11.3 Å². The quantitative estimate of drug-likeness (QED) is 0.701. The van der Waals surface area contributed by atoms with E-state index in [1.165, 1.54) is 16.2 Å². The lowest BCUT2D eigenvalue weighted by Gasteiger charge is -2.22. The van der Waals surface area contributed by atoms with Crippen molar-refractivity contribution >= 4 is 28.3 Å². The largest absolute Gasteiger partial charge is 0.382 e. The summed E-state index contributed by atoms with van der Waals surface area (Å²) < 4.78 is 5.30. The molecule has 0 saturated heterocycles. The molecule has 0 bridgehead atoms. The first kappa shape index (κ1) is 18.0. The van der Waals surface area contributed by atoms with E-state index in [0.717, 1.165) is 0 Å². The van der Waals surface area contributed by atoms with Crippen LogP contribution >= 0.6 is 11.3 Å². The average molecular weight is 348 g/mol. The van der Waals surface area contributed by atoms with Gasteiger partial charge in [0, 0.05) is 49.3 Å². The Bertz CT molecular complexity index is 634. The zero-order valence-electron chi connectivity index (χ0n) is 13.5. The number of ether oxygens (including phenoxy) is 1. The fourth-order valence-corrected chi connectivity index (χ4v) is 2.59. The third kappa shape index (κ3) is 5.71. The van der Waals surface area contributed by atoms with Crippen molar-refractivity contribution < 1.29 is 14.3 Å². The molecule has 128 valence electrons. The second-order valence-corrected chi connectivity index (χ2v) is 5.79. The fraction of sp³-hybridized carbons (Fsp3) is 0.375. The van der Waals surface area contributed by atoms with E-state index >= 15 is 0 Å². The van der Waals surface area contributed by atoms with E-state index in [4.69, 9.17) is 4.74 Å². The van der Waals surface area contributed by atoms with E-state index in [1.807, 2.05) is 6.92 Å². The van der Waals surface area contributed by atoms with Crippen molar-refractivity contribution in [1.82, 2.24) is 14.9 Å². The Kier molecular flexibility index (Phi) is 7.31. The number of aromatic nitrogens is 2. The van der Waals surface area contributed by atoms with Gasteiger partial charge >= 0.3 is 0 Å². The van der Waals surface area contributed by atoms with E-state index in [9.17, 15) is 9.59 Å². The van der Waals surface area contributed by atoms with Crippen molar-refractivity contribution in [2.24, 2.45) is 0 Å². The third-order valence-electron chi connectivity index (χ3n) is 3.15. The number of anilines is 1. The molecule has 2 aromatic rings. The van der Waals surface area contributed by atoms with Crippen LogP contribution in [0.3, 0.4) is 0 Å². The molecule has 0 radical (unpaired) electrons. The lowest BCUT2D eigenvalue weighted by Crippen LogP contribution is -2.39. The molecule has 2 aromatic heterocycles. The van der Waals surface area contributed by atoms with Gasteiger partial charge in [0.1, 0.15) is 6.54 Å². The minimum Gasteiger partial charge on any atom is -0.382 e. The van der Waals surface area contributed by atoms with Gasteiger partial charge in [0.15, 0.2) is 5.13 Å². The molecule has 0 fully saturated rings. The van der Waals surface area contributed by atoms with E-state index in [2.05, 4.69) is 15.3 Å². The van der Waals surface area contributed by atoms with Crippen molar-refractivity contribution in [3.8, 4) is 0 Å². The number of hydrogen-bond acceptors (Lipinski definition) is 6. The maximum absolute atomic E-state index is 12.6. The molecule has 0 aliphatic heterocycles. The second-order valence-electron chi connectivity index (χ2n) is 4.90. The van der Waals surface area contributed by atoms with Gasteiger partial charge in [0.25, 0.3) is 5.91 Å². The number of carbonyl (C=O) groups excluding carboxylic acids is 2. The zero-order valence-corrected chi connectivity index (χ0v) is 14.3. The monoisotopic (exact) mass is 348 g/mol. The smallest absolute Gasteiger partial charge is 0.254 e. The van der Waals surface area contributed by atoms with Gasteiger partial charge < -0.3 is 15.0 Å². The van der Waals surface area contributed by atoms with Gasteiger partial charge in [-0.25, -0.2) is 4.98 Å². The summed E-state index contributed by atoms with van der Waals surface area (Å²) in [6.07, 6.45) is 5.39. The highest BCUT2D eigenvalue weighted by atomic mass is 32.1. The Morgan fingerprint density at radius 3 is 2.75 bits per heavy atom. The first-order chi connectivity index (χ1) is 11.7. The van der Waals surface area contributed by atoms with E-state index < -0.39 is 0 Å². The Labute approximate surface area is 144 Å². The zero-order chi connectivity index (χ0) is 17.2. The van der Waals surface area contributed by atoms with Crippen LogP contribution in [0.5, 0.6) is 0 Å². The summed E-state index contributed by atoms with van der Waals surface area (Å²) in [6, 6.07) is 3.27. The van der Waals surface area contributed by atoms with Crippen LogP contribution in [0.25, 0.3) is 0 Å². The molecule has 0 spiro atoms. The Balaban J connectivity index is 1.98. The SMILES string of the molecule is CCOCCCN(CC(=O)Nc1nccs1)C(=O)c1ccncc1. The highest BCUT2D eigenvalue weighted by molar-refractivity contribution is 7.13. The van der Waals surface area contributed by atoms with Gasteiger partial charge in [0.2, 0.25) is 5.91 Å². The number of thiazole rings is 1. The Hall–Kier alpha value is -2.32. The lowest BCUT2D eigenvalue weighted by atomic mass is 10.2. The van der Waals surface area contributed by atoms with Crippen molar-refractivity contribution in [2.45, 2.75) is 13.3 Å². The number of amides is 2. The maximum Gasteiger partial charge on any atom is 0.254 e. The highest BCUT2D eigenvalue weighted by Crippen LogP contribution is 2.11. The first-order valence-electron chi connectivity index (χ1n) is 7.67. The van der Waals surface area contributed by atoms with Crippen LogP contribution in [0.2, 0.25) is 0 Å². The summed E-state index contributed by atoms with van der Waals surface area (Å²) in [5, 5.41) is 4.99. The molecule has 0 aliphatic rings. The summed E-state index contributed by atoms with van der Waals surface area (Å²) in [5.74, 6) is -0.480. The van der Waals surface area contributed by atoms with Gasteiger partial charge in [-0.2, -0.15) is 0 Å². The molecule has 0 aromatic carbocycles. The fourth-order valence-electron chi connectivity index (χ4n) is 2.05. The minimum absolute atomic E-state index is 0.0349. The molecule has 2 heterocycles. The van der Waals surface area contributed by atoms with E-state index in [-0.39, 0.29) is 18.4 Å². The molecule has 8 heteroatoms. The Morgan fingerprint density at radius 1 is 1.29 bits per heavy atom. The van der Waals surface area contributed by atoms with E-state index in [1.54, 1.807) is 36.1 Å². The van der Waals surface area contributed by atoms with Gasteiger partial charge in [-0.3, -0.25) is 14.6 Å². The molecular weight excluding hydrogens is 328 g/mol. The normalized spacial score (nSPS) is 10.4. The van der Waals surface area contributed by atoms with Gasteiger partial charge in [-0.05, 0) is 25.5 Å². The van der Waals surface area contributed by atoms with Crippen LogP contribution in [-0.4, -0.2) is 53.0 Å². The second kappa shape index (κ2) is 9.74. The van der Waals surface area contributed by atoms with Gasteiger partial charge in [-0.1, -0.05) is 0 Å². The molecule has 0 atom stereocenters. The first-order valence-corrected chi connectivity index (χ1v) is 8.55. The van der Waals surface area contributed by atoms with Crippen LogP contribution in [-0.2, 0) is 9.53 Å². The van der Waals surface area contributed by atoms with Crippen LogP contribution < -0.4 is 5.32 Å². The maximum atomic E-state index is 12.6. The highest BCUT2D eigenvalue weighted by Gasteiger charge is 2.19. The van der Waals surface area contributed by atoms with Crippen molar-refractivity contribution in [2.75, 3.05) is 31.6 Å². The van der Waals surface area contributed by atoms with Crippen LogP contribution in [0, 0.1) is 0 Å². The van der Waals surface area contributed by atoms with Crippen molar-refractivity contribution in [3.05, 3.63) is 41.7 Å². The number of rotatable bonds is 9. The molecule has 7 nitrogen and oxygen atoms in total. The number of carbonyl (C=O) groups is 2. The summed E-state index contributed by atoms with van der Waals surface area (Å²) in [4.78, 5) is 34.2. The topological polar surface area (TPSA) is 84.4 Å². The predicted octanol–water partition coefficient (Wildman–Crippen LogP) is 2.05. The number of nitrogens with zero attached hydrogens (tertiary/aromatic N) is 3. The van der Waals surface area contributed by atoms with E-state index in [0.29, 0.717) is 36.9 Å². The molecule has 24 heavy (non-hydrogen) atoms. The lowest BCUT2D eigenvalue weighted by molar-refractivity contribution is -0.116. The summed E-state index contributed by atoms with van der Waals surface area (Å²) >= 11 is 1.33. The summed E-state index contributed by atoms with van der Waals surface area (Å²) in [7, 11) is 0. The summed E-state index contributed by atoms with van der Waals surface area (Å²) in [6.45, 7) is 3.49. The van der Waals surface area contributed by atoms with Crippen molar-refractivity contribution in [1.29, 1.82) is 0 Å². The van der Waals surface area contributed by atoms with Crippen LogP contribution in [0.4, 0.5) is 5.13 Å². The molecule has 2 rings (SSSR count). The molecular formula is C16H20N4O3S. The minimum atomic E-state index is -0.274. The number of nitrogens with one attached hydrogen (secondary N) is 1. The molecule has 1 N–H and O–H groups in total. The number of hydrogen-bond donors (Lipinski definition) is 1. The van der Waals surface area contributed by atoms with Gasteiger partial charge in [0.05, 0.1) is 0 Å². The summed E-state index contributed by atoms with van der Waals surface area (Å²) in [5.41, 5.74) is 0.503. The standard InChI is InChI=1S/C16H20N4O3S/c1-2-23-10-3-9-20(15(22)13-4-6-17-7-5-13)12-14(21)19-16-18-8-11-24-16/h4-8,11H,2-3,9-10,12H2,1H3,(H,18,19,21). The van der Waals surface area contributed by atoms with Crippen molar-refractivity contribution in [3.63, 3.8) is 0 Å². The predicted molar refractivity (Wildman–Crippen MR) is 92.0 cm³/mol. The molecule has 0 unspecified atom stereocenters. The third-order valence-corrected chi connectivity index (χ3v) is 3.84.